The lowest BCUT2D eigenvalue weighted by atomic mass is 10.2. The van der Waals surface area contributed by atoms with Gasteiger partial charge in [0.1, 0.15) is 5.60 Å². The number of hydrogen-bond acceptors (Lipinski definition) is 4. The summed E-state index contributed by atoms with van der Waals surface area (Å²) in [5.41, 5.74) is -0.454. The predicted molar refractivity (Wildman–Crippen MR) is 87.1 cm³/mol. The molecular weight excluding hydrogens is 340 g/mol. The van der Waals surface area contributed by atoms with E-state index in [1.54, 1.807) is 11.3 Å². The van der Waals surface area contributed by atoms with E-state index in [2.05, 4.69) is 32.6 Å². The van der Waals surface area contributed by atoms with E-state index >= 15 is 0 Å². The zero-order valence-corrected chi connectivity index (χ0v) is 14.4. The SMILES string of the molecule is CC(C)(C)OC(=O)NC/C=C/CNCc1ccc(Br)s1. The number of nitrogens with one attached hydrogen (secondary N) is 2. The van der Waals surface area contributed by atoms with E-state index in [4.69, 9.17) is 4.74 Å². The fourth-order valence-electron chi connectivity index (χ4n) is 1.35. The lowest BCUT2D eigenvalue weighted by molar-refractivity contribution is 0.0534. The molecule has 0 aliphatic heterocycles. The minimum Gasteiger partial charge on any atom is -0.444 e. The first-order chi connectivity index (χ1) is 9.37. The molecule has 0 saturated carbocycles. The van der Waals surface area contributed by atoms with Crippen LogP contribution in [-0.4, -0.2) is 24.8 Å². The Morgan fingerprint density at radius 3 is 2.65 bits per heavy atom. The molecule has 1 aromatic rings. The highest BCUT2D eigenvalue weighted by Gasteiger charge is 2.14. The highest BCUT2D eigenvalue weighted by Crippen LogP contribution is 2.21. The van der Waals surface area contributed by atoms with Gasteiger partial charge in [-0.25, -0.2) is 4.79 Å². The lowest BCUT2D eigenvalue weighted by Crippen LogP contribution is -2.32. The van der Waals surface area contributed by atoms with Crippen LogP contribution in [0.2, 0.25) is 0 Å². The Morgan fingerprint density at radius 2 is 2.05 bits per heavy atom. The summed E-state index contributed by atoms with van der Waals surface area (Å²) in [5.74, 6) is 0. The van der Waals surface area contributed by atoms with Gasteiger partial charge in [0.25, 0.3) is 0 Å². The van der Waals surface area contributed by atoms with E-state index in [0.717, 1.165) is 16.9 Å². The zero-order chi connectivity index (χ0) is 15.0. The third-order valence-electron chi connectivity index (χ3n) is 2.12. The maximum Gasteiger partial charge on any atom is 0.407 e. The Hall–Kier alpha value is -0.850. The number of alkyl carbamates (subject to hydrolysis) is 1. The molecule has 1 heterocycles. The molecular formula is C14H21BrN2O2S. The molecule has 0 radical (unpaired) electrons. The van der Waals surface area contributed by atoms with Crippen LogP contribution < -0.4 is 10.6 Å². The van der Waals surface area contributed by atoms with Crippen molar-refractivity contribution in [3.05, 3.63) is 32.9 Å². The van der Waals surface area contributed by atoms with Crippen molar-refractivity contribution in [3.63, 3.8) is 0 Å². The molecule has 0 bridgehead atoms. The number of rotatable bonds is 6. The molecule has 0 fully saturated rings. The first-order valence-corrected chi connectivity index (χ1v) is 8.04. The topological polar surface area (TPSA) is 50.4 Å². The number of ether oxygens (including phenoxy) is 1. The minimum atomic E-state index is -0.454. The first kappa shape index (κ1) is 17.2. The maximum absolute atomic E-state index is 11.3. The van der Waals surface area contributed by atoms with Crippen molar-refractivity contribution in [2.45, 2.75) is 32.9 Å². The molecule has 20 heavy (non-hydrogen) atoms. The fourth-order valence-corrected chi connectivity index (χ4v) is 2.80. The quantitative estimate of drug-likeness (QED) is 0.600. The molecule has 1 rings (SSSR count). The molecule has 0 saturated heterocycles. The van der Waals surface area contributed by atoms with Gasteiger partial charge < -0.3 is 15.4 Å². The highest BCUT2D eigenvalue weighted by atomic mass is 79.9. The standard InChI is InChI=1S/C14H21BrN2O2S/c1-14(2,3)19-13(18)17-9-5-4-8-16-10-11-6-7-12(15)20-11/h4-7,16H,8-10H2,1-3H3,(H,17,18)/b5-4+. The third kappa shape index (κ3) is 8.35. The predicted octanol–water partition coefficient (Wildman–Crippen LogP) is 3.68. The number of hydrogen-bond donors (Lipinski definition) is 2. The molecule has 0 spiro atoms. The van der Waals surface area contributed by atoms with Gasteiger partial charge in [-0.15, -0.1) is 11.3 Å². The van der Waals surface area contributed by atoms with Gasteiger partial charge in [-0.05, 0) is 48.8 Å². The van der Waals surface area contributed by atoms with Crippen molar-refractivity contribution >= 4 is 33.4 Å². The van der Waals surface area contributed by atoms with E-state index in [0.29, 0.717) is 6.54 Å². The summed E-state index contributed by atoms with van der Waals surface area (Å²) in [5, 5.41) is 5.97. The van der Waals surface area contributed by atoms with Crippen LogP contribution in [0.4, 0.5) is 4.79 Å². The van der Waals surface area contributed by atoms with Crippen molar-refractivity contribution in [2.75, 3.05) is 13.1 Å². The van der Waals surface area contributed by atoms with Crippen LogP contribution in [0.25, 0.3) is 0 Å². The van der Waals surface area contributed by atoms with Gasteiger partial charge in [0.15, 0.2) is 0 Å². The van der Waals surface area contributed by atoms with Crippen LogP contribution in [0.5, 0.6) is 0 Å². The first-order valence-electron chi connectivity index (χ1n) is 6.43. The average Bonchev–Trinajstić information content (AvgIpc) is 2.71. The van der Waals surface area contributed by atoms with Gasteiger partial charge in [0.05, 0.1) is 3.79 Å². The van der Waals surface area contributed by atoms with E-state index < -0.39 is 11.7 Å². The zero-order valence-electron chi connectivity index (χ0n) is 12.0. The number of amides is 1. The van der Waals surface area contributed by atoms with Gasteiger partial charge in [-0.3, -0.25) is 0 Å². The van der Waals surface area contributed by atoms with Crippen LogP contribution in [0.15, 0.2) is 28.1 Å². The largest absolute Gasteiger partial charge is 0.444 e. The van der Waals surface area contributed by atoms with Crippen LogP contribution in [0.3, 0.4) is 0 Å². The molecule has 4 nitrogen and oxygen atoms in total. The second-order valence-electron chi connectivity index (χ2n) is 5.19. The van der Waals surface area contributed by atoms with Gasteiger partial charge in [-0.1, -0.05) is 12.2 Å². The summed E-state index contributed by atoms with van der Waals surface area (Å²) in [4.78, 5) is 12.6. The number of halogens is 1. The Labute approximate surface area is 132 Å². The van der Waals surface area contributed by atoms with E-state index in [-0.39, 0.29) is 0 Å². The fraction of sp³-hybridized carbons (Fsp3) is 0.500. The van der Waals surface area contributed by atoms with E-state index in [1.807, 2.05) is 39.0 Å². The van der Waals surface area contributed by atoms with Crippen LogP contribution in [-0.2, 0) is 11.3 Å². The highest BCUT2D eigenvalue weighted by molar-refractivity contribution is 9.11. The molecule has 112 valence electrons. The summed E-state index contributed by atoms with van der Waals surface area (Å²) >= 11 is 5.16. The second kappa shape index (κ2) is 8.44. The van der Waals surface area contributed by atoms with E-state index in [9.17, 15) is 4.79 Å². The van der Waals surface area contributed by atoms with Crippen molar-refractivity contribution < 1.29 is 9.53 Å². The van der Waals surface area contributed by atoms with Crippen LogP contribution in [0, 0.1) is 0 Å². The molecule has 2 N–H and O–H groups in total. The van der Waals surface area contributed by atoms with Crippen LogP contribution in [0.1, 0.15) is 25.6 Å². The van der Waals surface area contributed by atoms with Crippen molar-refractivity contribution in [2.24, 2.45) is 0 Å². The van der Waals surface area contributed by atoms with E-state index in [1.165, 1.54) is 4.88 Å². The third-order valence-corrected chi connectivity index (χ3v) is 3.74. The molecule has 0 aliphatic carbocycles. The van der Waals surface area contributed by atoms with Crippen molar-refractivity contribution in [3.8, 4) is 0 Å². The molecule has 0 unspecified atom stereocenters. The maximum atomic E-state index is 11.3. The number of thiophene rings is 1. The van der Waals surface area contributed by atoms with Gasteiger partial charge in [-0.2, -0.15) is 0 Å². The number of carbonyl (C=O) groups is 1. The molecule has 0 aliphatic rings. The van der Waals surface area contributed by atoms with Crippen molar-refractivity contribution in [1.29, 1.82) is 0 Å². The second-order valence-corrected chi connectivity index (χ2v) is 7.74. The van der Waals surface area contributed by atoms with Gasteiger partial charge in [0, 0.05) is 24.5 Å². The van der Waals surface area contributed by atoms with Crippen LogP contribution >= 0.6 is 27.3 Å². The molecule has 0 aromatic carbocycles. The minimum absolute atomic E-state index is 0.390. The Kier molecular flexibility index (Phi) is 7.26. The Balaban J connectivity index is 2.06. The molecule has 0 atom stereocenters. The lowest BCUT2D eigenvalue weighted by Gasteiger charge is -2.19. The van der Waals surface area contributed by atoms with Crippen molar-refractivity contribution in [1.82, 2.24) is 10.6 Å². The molecule has 1 aromatic heterocycles. The number of carbonyl (C=O) groups excluding carboxylic acids is 1. The van der Waals surface area contributed by atoms with Gasteiger partial charge in [0.2, 0.25) is 0 Å². The Morgan fingerprint density at radius 1 is 1.35 bits per heavy atom. The van der Waals surface area contributed by atoms with Gasteiger partial charge >= 0.3 is 6.09 Å². The smallest absolute Gasteiger partial charge is 0.407 e. The summed E-state index contributed by atoms with van der Waals surface area (Å²) in [7, 11) is 0. The summed E-state index contributed by atoms with van der Waals surface area (Å²) in [6.07, 6.45) is 3.50. The normalized spacial score (nSPS) is 11.8. The summed E-state index contributed by atoms with van der Waals surface area (Å²) in [6.45, 7) is 7.62. The average molecular weight is 361 g/mol. The molecule has 6 heteroatoms. The molecule has 1 amide bonds. The summed E-state index contributed by atoms with van der Waals surface area (Å²) < 4.78 is 6.27. The Bertz CT molecular complexity index is 452. The monoisotopic (exact) mass is 360 g/mol. The summed E-state index contributed by atoms with van der Waals surface area (Å²) in [6, 6.07) is 4.14.